The van der Waals surface area contributed by atoms with E-state index < -0.39 is 0 Å². The Balaban J connectivity index is 1.47. The summed E-state index contributed by atoms with van der Waals surface area (Å²) in [6, 6.07) is 0.433. The molecule has 0 aromatic carbocycles. The van der Waals surface area contributed by atoms with Crippen molar-refractivity contribution in [1.29, 1.82) is 0 Å². The second-order valence-corrected chi connectivity index (χ2v) is 7.43. The van der Waals surface area contributed by atoms with Crippen LogP contribution in [0.4, 0.5) is 4.79 Å². The molecular weight excluding hydrogens is 290 g/mol. The van der Waals surface area contributed by atoms with Gasteiger partial charge in [0.1, 0.15) is 0 Å². The van der Waals surface area contributed by atoms with E-state index in [0.29, 0.717) is 25.0 Å². The van der Waals surface area contributed by atoms with Gasteiger partial charge < -0.3 is 15.1 Å². The molecule has 3 fully saturated rings. The minimum atomic E-state index is 0.0760. The first-order valence-electron chi connectivity index (χ1n) is 9.58. The Morgan fingerprint density at radius 1 is 0.696 bits per heavy atom. The van der Waals surface area contributed by atoms with E-state index in [0.717, 1.165) is 45.2 Å². The lowest BCUT2D eigenvalue weighted by Gasteiger charge is -2.28. The van der Waals surface area contributed by atoms with E-state index in [9.17, 15) is 9.59 Å². The SMILES string of the molecule is O=C(NC1CCCCC1)N1CCCN(C(=O)C2CCCC2)CC1. The number of hydrogen-bond donors (Lipinski definition) is 1. The number of carbonyl (C=O) groups is 2. The topological polar surface area (TPSA) is 52.7 Å². The number of carbonyl (C=O) groups excluding carboxylic acids is 2. The molecule has 0 atom stereocenters. The van der Waals surface area contributed by atoms with Gasteiger partial charge in [0.25, 0.3) is 0 Å². The van der Waals surface area contributed by atoms with E-state index >= 15 is 0 Å². The molecule has 0 unspecified atom stereocenters. The van der Waals surface area contributed by atoms with Crippen LogP contribution in [-0.2, 0) is 4.79 Å². The van der Waals surface area contributed by atoms with Crippen LogP contribution in [0.5, 0.6) is 0 Å². The van der Waals surface area contributed by atoms with Crippen LogP contribution in [0.2, 0.25) is 0 Å². The van der Waals surface area contributed by atoms with Crippen molar-refractivity contribution < 1.29 is 9.59 Å². The summed E-state index contributed by atoms with van der Waals surface area (Å²) >= 11 is 0. The highest BCUT2D eigenvalue weighted by Crippen LogP contribution is 2.27. The Kier molecular flexibility index (Phi) is 5.79. The monoisotopic (exact) mass is 321 g/mol. The van der Waals surface area contributed by atoms with Gasteiger partial charge >= 0.3 is 6.03 Å². The normalized spacial score (nSPS) is 24.5. The molecule has 0 radical (unpaired) electrons. The molecule has 5 heteroatoms. The van der Waals surface area contributed by atoms with Crippen molar-refractivity contribution in [3.05, 3.63) is 0 Å². The largest absolute Gasteiger partial charge is 0.341 e. The first kappa shape index (κ1) is 16.6. The quantitative estimate of drug-likeness (QED) is 0.850. The fourth-order valence-electron chi connectivity index (χ4n) is 4.28. The van der Waals surface area contributed by atoms with Crippen LogP contribution < -0.4 is 5.32 Å². The van der Waals surface area contributed by atoms with Crippen molar-refractivity contribution in [1.82, 2.24) is 15.1 Å². The van der Waals surface area contributed by atoms with E-state index in [1.807, 2.05) is 9.80 Å². The zero-order valence-electron chi connectivity index (χ0n) is 14.3. The highest BCUT2D eigenvalue weighted by Gasteiger charge is 2.29. The van der Waals surface area contributed by atoms with Gasteiger partial charge in [-0.25, -0.2) is 4.79 Å². The molecule has 0 bridgehead atoms. The van der Waals surface area contributed by atoms with Gasteiger partial charge in [0.2, 0.25) is 5.91 Å². The second-order valence-electron chi connectivity index (χ2n) is 7.43. The summed E-state index contributed by atoms with van der Waals surface area (Å²) in [7, 11) is 0. The van der Waals surface area contributed by atoms with Crippen LogP contribution in [0.25, 0.3) is 0 Å². The zero-order valence-corrected chi connectivity index (χ0v) is 14.3. The maximum Gasteiger partial charge on any atom is 0.317 e. The predicted molar refractivity (Wildman–Crippen MR) is 90.1 cm³/mol. The third kappa shape index (κ3) is 4.39. The lowest BCUT2D eigenvalue weighted by atomic mass is 9.96. The van der Waals surface area contributed by atoms with Gasteiger partial charge in [-0.2, -0.15) is 0 Å². The Labute approximate surface area is 139 Å². The fourth-order valence-corrected chi connectivity index (χ4v) is 4.28. The van der Waals surface area contributed by atoms with Crippen LogP contribution >= 0.6 is 0 Å². The molecule has 5 nitrogen and oxygen atoms in total. The number of nitrogens with zero attached hydrogens (tertiary/aromatic N) is 2. The molecular formula is C18H31N3O2. The van der Waals surface area contributed by atoms with E-state index in [-0.39, 0.29) is 11.9 Å². The molecule has 2 saturated carbocycles. The third-order valence-electron chi connectivity index (χ3n) is 5.73. The van der Waals surface area contributed by atoms with Crippen LogP contribution in [-0.4, -0.2) is 54.0 Å². The molecule has 2 aliphatic carbocycles. The molecule has 3 aliphatic rings. The Morgan fingerprint density at radius 2 is 1.30 bits per heavy atom. The average molecular weight is 321 g/mol. The van der Waals surface area contributed by atoms with Crippen molar-refractivity contribution in [3.8, 4) is 0 Å². The summed E-state index contributed by atoms with van der Waals surface area (Å²) in [6.07, 6.45) is 11.4. The van der Waals surface area contributed by atoms with E-state index in [4.69, 9.17) is 0 Å². The maximum atomic E-state index is 12.6. The summed E-state index contributed by atoms with van der Waals surface area (Å²) in [5.41, 5.74) is 0. The van der Waals surface area contributed by atoms with Crippen LogP contribution in [0.15, 0.2) is 0 Å². The highest BCUT2D eigenvalue weighted by atomic mass is 16.2. The lowest BCUT2D eigenvalue weighted by molar-refractivity contribution is -0.135. The second kappa shape index (κ2) is 8.02. The Bertz CT molecular complexity index is 414. The number of nitrogens with one attached hydrogen (secondary N) is 1. The molecule has 0 spiro atoms. The van der Waals surface area contributed by atoms with Gasteiger partial charge in [-0.1, -0.05) is 32.1 Å². The minimum Gasteiger partial charge on any atom is -0.341 e. The molecule has 130 valence electrons. The molecule has 3 amide bonds. The van der Waals surface area contributed by atoms with Crippen molar-refractivity contribution >= 4 is 11.9 Å². The van der Waals surface area contributed by atoms with Gasteiger partial charge in [-0.3, -0.25) is 4.79 Å². The number of urea groups is 1. The van der Waals surface area contributed by atoms with Crippen LogP contribution in [0, 0.1) is 5.92 Å². The fraction of sp³-hybridized carbons (Fsp3) is 0.889. The predicted octanol–water partition coefficient (Wildman–Crippen LogP) is 2.75. The molecule has 3 rings (SSSR count). The molecule has 1 N–H and O–H groups in total. The van der Waals surface area contributed by atoms with Crippen LogP contribution in [0.1, 0.15) is 64.2 Å². The van der Waals surface area contributed by atoms with Crippen molar-refractivity contribution in [2.24, 2.45) is 5.92 Å². The summed E-state index contributed by atoms with van der Waals surface area (Å²) in [5.74, 6) is 0.578. The van der Waals surface area contributed by atoms with E-state index in [1.54, 1.807) is 0 Å². The lowest BCUT2D eigenvalue weighted by Crippen LogP contribution is -2.47. The first-order valence-corrected chi connectivity index (χ1v) is 9.58. The summed E-state index contributed by atoms with van der Waals surface area (Å²) in [4.78, 5) is 28.9. The van der Waals surface area contributed by atoms with Crippen molar-refractivity contribution in [2.45, 2.75) is 70.3 Å². The maximum absolute atomic E-state index is 12.6. The van der Waals surface area contributed by atoms with E-state index in [1.165, 1.54) is 32.1 Å². The Hall–Kier alpha value is -1.26. The smallest absolute Gasteiger partial charge is 0.317 e. The van der Waals surface area contributed by atoms with Gasteiger partial charge in [0, 0.05) is 38.1 Å². The zero-order chi connectivity index (χ0) is 16.1. The third-order valence-corrected chi connectivity index (χ3v) is 5.73. The highest BCUT2D eigenvalue weighted by molar-refractivity contribution is 5.79. The van der Waals surface area contributed by atoms with Gasteiger partial charge in [-0.15, -0.1) is 0 Å². The number of rotatable bonds is 2. The summed E-state index contributed by atoms with van der Waals surface area (Å²) < 4.78 is 0. The van der Waals surface area contributed by atoms with Gasteiger partial charge in [-0.05, 0) is 32.1 Å². The molecule has 23 heavy (non-hydrogen) atoms. The summed E-state index contributed by atoms with van der Waals surface area (Å²) in [6.45, 7) is 2.96. The molecule has 1 saturated heterocycles. The first-order chi connectivity index (χ1) is 11.2. The number of hydrogen-bond acceptors (Lipinski definition) is 2. The molecule has 1 heterocycles. The standard InChI is InChI=1S/C18H31N3O2/c22-17(15-7-4-5-8-15)20-11-6-12-21(14-13-20)18(23)19-16-9-2-1-3-10-16/h15-16H,1-14H2,(H,19,23). The molecule has 0 aromatic heterocycles. The van der Waals surface area contributed by atoms with Crippen LogP contribution in [0.3, 0.4) is 0 Å². The van der Waals surface area contributed by atoms with Crippen molar-refractivity contribution in [2.75, 3.05) is 26.2 Å². The van der Waals surface area contributed by atoms with E-state index in [2.05, 4.69) is 5.32 Å². The summed E-state index contributed by atoms with van der Waals surface area (Å²) in [5, 5.41) is 3.20. The average Bonchev–Trinajstić information content (AvgIpc) is 2.99. The minimum absolute atomic E-state index is 0.0760. The Morgan fingerprint density at radius 3 is 2.04 bits per heavy atom. The van der Waals surface area contributed by atoms with Gasteiger partial charge in [0.15, 0.2) is 0 Å². The van der Waals surface area contributed by atoms with Gasteiger partial charge in [0.05, 0.1) is 0 Å². The van der Waals surface area contributed by atoms with Crippen molar-refractivity contribution in [3.63, 3.8) is 0 Å². The number of amides is 3. The molecule has 0 aromatic rings. The molecule has 1 aliphatic heterocycles.